The van der Waals surface area contributed by atoms with Crippen molar-refractivity contribution in [2.45, 2.75) is 30.7 Å². The van der Waals surface area contributed by atoms with Gasteiger partial charge in [0, 0.05) is 37.8 Å². The predicted octanol–water partition coefficient (Wildman–Crippen LogP) is 3.71. The number of carbonyl (C=O) groups excluding carboxylic acids is 1. The molecule has 1 saturated heterocycles. The highest BCUT2D eigenvalue weighted by Gasteiger charge is 2.28. The van der Waals surface area contributed by atoms with Crippen molar-refractivity contribution in [3.63, 3.8) is 0 Å². The zero-order valence-corrected chi connectivity index (χ0v) is 18.6. The number of nitrogens with zero attached hydrogens (tertiary/aromatic N) is 2. The van der Waals surface area contributed by atoms with Crippen molar-refractivity contribution in [1.82, 2.24) is 8.87 Å². The van der Waals surface area contributed by atoms with Crippen molar-refractivity contribution >= 4 is 55.9 Å². The summed E-state index contributed by atoms with van der Waals surface area (Å²) in [6.07, 6.45) is 1.66. The summed E-state index contributed by atoms with van der Waals surface area (Å²) in [7, 11) is -3.62. The lowest BCUT2D eigenvalue weighted by molar-refractivity contribution is -0.116. The Morgan fingerprint density at radius 3 is 2.52 bits per heavy atom. The maximum absolute atomic E-state index is 12.7. The van der Waals surface area contributed by atoms with E-state index in [-0.39, 0.29) is 29.4 Å². The van der Waals surface area contributed by atoms with E-state index in [2.05, 4.69) is 5.32 Å². The standard InChI is InChI=1S/C20H19Cl2N3O5S/c21-15-5-3-13(11-16(15)22)23-19(26)7-10-25-17-6-4-14(12-18(17)30-20(25)27)31(28,29)24-8-1-2-9-24/h3-6,11-12H,1-2,7-10H2,(H,23,26). The highest BCUT2D eigenvalue weighted by atomic mass is 35.5. The fraction of sp³-hybridized carbons (Fsp3) is 0.300. The third-order valence-corrected chi connectivity index (χ3v) is 7.74. The second kappa shape index (κ2) is 8.66. The zero-order chi connectivity index (χ0) is 22.2. The Morgan fingerprint density at radius 2 is 1.81 bits per heavy atom. The van der Waals surface area contributed by atoms with Gasteiger partial charge in [-0.05, 0) is 43.2 Å². The first-order valence-electron chi connectivity index (χ1n) is 9.64. The minimum atomic E-state index is -3.62. The van der Waals surface area contributed by atoms with E-state index >= 15 is 0 Å². The molecule has 0 aliphatic carbocycles. The summed E-state index contributed by atoms with van der Waals surface area (Å²) in [6.45, 7) is 1.04. The van der Waals surface area contributed by atoms with Crippen molar-refractivity contribution in [1.29, 1.82) is 0 Å². The van der Waals surface area contributed by atoms with Crippen LogP contribution in [0.5, 0.6) is 0 Å². The van der Waals surface area contributed by atoms with Crippen LogP contribution in [0.4, 0.5) is 5.69 Å². The number of hydrogen-bond donors (Lipinski definition) is 1. The molecule has 1 N–H and O–H groups in total. The molecule has 1 fully saturated rings. The summed E-state index contributed by atoms with van der Waals surface area (Å²) in [5, 5.41) is 3.38. The van der Waals surface area contributed by atoms with Gasteiger partial charge in [0.25, 0.3) is 0 Å². The number of carbonyl (C=O) groups is 1. The number of aromatic nitrogens is 1. The van der Waals surface area contributed by atoms with Crippen LogP contribution in [0.15, 0.2) is 50.5 Å². The Bertz CT molecular complexity index is 1310. The van der Waals surface area contributed by atoms with E-state index in [0.29, 0.717) is 34.3 Å². The maximum Gasteiger partial charge on any atom is 0.419 e. The topological polar surface area (TPSA) is 102 Å². The number of aryl methyl sites for hydroxylation is 1. The molecule has 2 heterocycles. The number of hydrogen-bond acceptors (Lipinski definition) is 5. The summed E-state index contributed by atoms with van der Waals surface area (Å²) >= 11 is 11.8. The van der Waals surface area contributed by atoms with E-state index < -0.39 is 15.8 Å². The largest absolute Gasteiger partial charge is 0.419 e. The number of fused-ring (bicyclic) bond motifs is 1. The smallest absolute Gasteiger partial charge is 0.408 e. The zero-order valence-electron chi connectivity index (χ0n) is 16.3. The lowest BCUT2D eigenvalue weighted by Crippen LogP contribution is -2.27. The molecule has 3 aromatic rings. The molecule has 1 aliphatic rings. The van der Waals surface area contributed by atoms with Crippen LogP contribution in [0, 0.1) is 0 Å². The van der Waals surface area contributed by atoms with Gasteiger partial charge in [-0.25, -0.2) is 13.2 Å². The minimum Gasteiger partial charge on any atom is -0.408 e. The van der Waals surface area contributed by atoms with Gasteiger partial charge in [0.05, 0.1) is 20.5 Å². The van der Waals surface area contributed by atoms with Crippen LogP contribution in [0.25, 0.3) is 11.1 Å². The molecule has 164 valence electrons. The molecule has 0 bridgehead atoms. The molecule has 1 aliphatic heterocycles. The number of benzene rings is 2. The fourth-order valence-corrected chi connectivity index (χ4v) is 5.34. The molecular formula is C20H19Cl2N3O5S. The molecule has 0 saturated carbocycles. The van der Waals surface area contributed by atoms with E-state index in [1.165, 1.54) is 33.1 Å². The molecule has 4 rings (SSSR count). The third kappa shape index (κ3) is 4.50. The van der Waals surface area contributed by atoms with Gasteiger partial charge < -0.3 is 9.73 Å². The number of sulfonamides is 1. The highest BCUT2D eigenvalue weighted by Crippen LogP contribution is 2.26. The SMILES string of the molecule is O=C(CCn1c(=O)oc2cc(S(=O)(=O)N3CCCC3)ccc21)Nc1ccc(Cl)c(Cl)c1. The second-order valence-corrected chi connectivity index (χ2v) is 9.94. The van der Waals surface area contributed by atoms with Gasteiger partial charge in [-0.2, -0.15) is 4.31 Å². The van der Waals surface area contributed by atoms with Crippen molar-refractivity contribution in [3.8, 4) is 0 Å². The van der Waals surface area contributed by atoms with Gasteiger partial charge in [-0.1, -0.05) is 23.2 Å². The average molecular weight is 484 g/mol. The van der Waals surface area contributed by atoms with Gasteiger partial charge in [0.1, 0.15) is 0 Å². The Kier molecular flexibility index (Phi) is 6.11. The predicted molar refractivity (Wildman–Crippen MR) is 118 cm³/mol. The summed E-state index contributed by atoms with van der Waals surface area (Å²) in [5.74, 6) is -0.985. The van der Waals surface area contributed by atoms with Crippen LogP contribution in [-0.2, 0) is 21.4 Å². The first-order valence-corrected chi connectivity index (χ1v) is 11.8. The second-order valence-electron chi connectivity index (χ2n) is 7.19. The highest BCUT2D eigenvalue weighted by molar-refractivity contribution is 7.89. The van der Waals surface area contributed by atoms with Gasteiger partial charge in [-0.3, -0.25) is 9.36 Å². The van der Waals surface area contributed by atoms with Crippen molar-refractivity contribution in [3.05, 3.63) is 57.0 Å². The molecule has 8 nitrogen and oxygen atoms in total. The lowest BCUT2D eigenvalue weighted by atomic mass is 10.3. The number of oxazole rings is 1. The Labute approximate surface area is 188 Å². The Hall–Kier alpha value is -2.33. The molecule has 0 unspecified atom stereocenters. The lowest BCUT2D eigenvalue weighted by Gasteiger charge is -2.15. The molecule has 0 atom stereocenters. The van der Waals surface area contributed by atoms with Crippen LogP contribution in [-0.4, -0.2) is 36.3 Å². The fourth-order valence-electron chi connectivity index (χ4n) is 3.51. The minimum absolute atomic E-state index is 0.00259. The van der Waals surface area contributed by atoms with E-state index in [4.69, 9.17) is 27.6 Å². The van der Waals surface area contributed by atoms with E-state index in [0.717, 1.165) is 12.8 Å². The van der Waals surface area contributed by atoms with Crippen molar-refractivity contribution in [2.75, 3.05) is 18.4 Å². The molecule has 11 heteroatoms. The maximum atomic E-state index is 12.7. The quantitative estimate of drug-likeness (QED) is 0.575. The molecule has 31 heavy (non-hydrogen) atoms. The first kappa shape index (κ1) is 21.9. The van der Waals surface area contributed by atoms with Crippen LogP contribution < -0.4 is 11.1 Å². The van der Waals surface area contributed by atoms with Crippen LogP contribution >= 0.6 is 23.2 Å². The first-order chi connectivity index (χ1) is 14.8. The number of nitrogens with one attached hydrogen (secondary N) is 1. The van der Waals surface area contributed by atoms with Crippen molar-refractivity contribution in [2.24, 2.45) is 0 Å². The number of halogens is 2. The van der Waals surface area contributed by atoms with E-state index in [1.807, 2.05) is 0 Å². The number of amides is 1. The molecule has 1 aromatic heterocycles. The third-order valence-electron chi connectivity index (χ3n) is 5.11. The number of anilines is 1. The van der Waals surface area contributed by atoms with Gasteiger partial charge in [0.15, 0.2) is 5.58 Å². The Balaban J connectivity index is 1.50. The molecule has 0 spiro atoms. The van der Waals surface area contributed by atoms with Crippen LogP contribution in [0.1, 0.15) is 19.3 Å². The summed E-state index contributed by atoms with van der Waals surface area (Å²) < 4.78 is 33.4. The molecule has 0 radical (unpaired) electrons. The van der Waals surface area contributed by atoms with Gasteiger partial charge in [0.2, 0.25) is 15.9 Å². The summed E-state index contributed by atoms with van der Waals surface area (Å²) in [6, 6.07) is 9.06. The molecular weight excluding hydrogens is 465 g/mol. The Morgan fingerprint density at radius 1 is 1.06 bits per heavy atom. The normalized spacial score (nSPS) is 14.9. The van der Waals surface area contributed by atoms with E-state index in [1.54, 1.807) is 12.1 Å². The summed E-state index contributed by atoms with van der Waals surface area (Å²) in [4.78, 5) is 24.6. The average Bonchev–Trinajstić information content (AvgIpc) is 3.37. The van der Waals surface area contributed by atoms with Crippen LogP contribution in [0.3, 0.4) is 0 Å². The molecule has 2 aromatic carbocycles. The monoisotopic (exact) mass is 483 g/mol. The van der Waals surface area contributed by atoms with Gasteiger partial charge in [-0.15, -0.1) is 0 Å². The number of rotatable bonds is 6. The van der Waals surface area contributed by atoms with Crippen LogP contribution in [0.2, 0.25) is 10.0 Å². The van der Waals surface area contributed by atoms with Gasteiger partial charge >= 0.3 is 5.76 Å². The molecule has 1 amide bonds. The summed E-state index contributed by atoms with van der Waals surface area (Å²) in [5.41, 5.74) is 1.07. The van der Waals surface area contributed by atoms with Crippen molar-refractivity contribution < 1.29 is 17.6 Å². The van der Waals surface area contributed by atoms with E-state index in [9.17, 15) is 18.0 Å².